The lowest BCUT2D eigenvalue weighted by Crippen LogP contribution is -2.46. The molecular weight excluding hydrogens is 526 g/mol. The van der Waals surface area contributed by atoms with Gasteiger partial charge in [0, 0.05) is 24.2 Å². The first-order valence-corrected chi connectivity index (χ1v) is 12.6. The Bertz CT molecular complexity index is 1370. The van der Waals surface area contributed by atoms with Crippen molar-refractivity contribution >= 4 is 10.2 Å². The molecule has 3 aromatic rings. The van der Waals surface area contributed by atoms with E-state index in [2.05, 4.69) is 9.82 Å². The van der Waals surface area contributed by atoms with Crippen LogP contribution in [0.2, 0.25) is 0 Å². The summed E-state index contributed by atoms with van der Waals surface area (Å²) in [7, 11) is -4.34. The van der Waals surface area contributed by atoms with Crippen molar-refractivity contribution in [2.75, 3.05) is 6.54 Å². The molecule has 2 aromatic carbocycles. The number of ether oxygens (including phenoxy) is 1. The van der Waals surface area contributed by atoms with Crippen molar-refractivity contribution in [3.05, 3.63) is 65.2 Å². The van der Waals surface area contributed by atoms with Crippen molar-refractivity contribution in [1.82, 2.24) is 19.2 Å². The van der Waals surface area contributed by atoms with E-state index in [4.69, 9.17) is 4.74 Å². The van der Waals surface area contributed by atoms with Crippen molar-refractivity contribution in [2.24, 2.45) is 0 Å². The van der Waals surface area contributed by atoms with E-state index in [9.17, 15) is 34.8 Å². The lowest BCUT2D eigenvalue weighted by Gasteiger charge is -2.14. The van der Waals surface area contributed by atoms with Crippen LogP contribution in [0.3, 0.4) is 0 Å². The summed E-state index contributed by atoms with van der Waals surface area (Å²) in [5.74, 6) is 0.363. The SMILES string of the molecule is CCn1nc(Oc2ccc(C(F)(F)F)cc2)cc1-c1ccc2c(c1)CC(NS(=O)(=O)NCC(F)(F)F)C2. The highest BCUT2D eigenvalue weighted by atomic mass is 32.2. The maximum atomic E-state index is 12.8. The third kappa shape index (κ3) is 6.81. The molecule has 0 fully saturated rings. The lowest BCUT2D eigenvalue weighted by atomic mass is 10.0. The van der Waals surface area contributed by atoms with Crippen LogP contribution in [-0.2, 0) is 35.8 Å². The highest BCUT2D eigenvalue weighted by molar-refractivity contribution is 7.87. The third-order valence-corrected chi connectivity index (χ3v) is 6.85. The molecule has 0 radical (unpaired) electrons. The Balaban J connectivity index is 1.47. The summed E-state index contributed by atoms with van der Waals surface area (Å²) < 4.78 is 110. The van der Waals surface area contributed by atoms with Gasteiger partial charge in [0.2, 0.25) is 5.88 Å². The standard InChI is InChI=1S/C23H22F6N4O3S/c1-2-33-20(12-21(31-33)36-19-7-5-17(6-8-19)23(27,28)29)15-4-3-14-10-18(11-16(14)9-15)32-37(34,35)30-13-22(24,25)26/h3-9,12,18,30,32H,2,10-11,13H2,1H3. The fourth-order valence-corrected chi connectivity index (χ4v) is 5.09. The molecule has 1 atom stereocenters. The van der Waals surface area contributed by atoms with Crippen LogP contribution in [0.25, 0.3) is 11.3 Å². The van der Waals surface area contributed by atoms with Gasteiger partial charge >= 0.3 is 12.4 Å². The largest absolute Gasteiger partial charge is 0.438 e. The van der Waals surface area contributed by atoms with Crippen LogP contribution in [0.15, 0.2) is 48.5 Å². The molecule has 4 rings (SSSR count). The predicted octanol–water partition coefficient (Wildman–Crippen LogP) is 4.83. The van der Waals surface area contributed by atoms with E-state index in [1.807, 2.05) is 25.1 Å². The van der Waals surface area contributed by atoms with E-state index in [0.717, 1.165) is 28.8 Å². The van der Waals surface area contributed by atoms with Crippen molar-refractivity contribution in [2.45, 2.75) is 44.7 Å². The minimum absolute atomic E-state index is 0.179. The van der Waals surface area contributed by atoms with E-state index in [0.29, 0.717) is 18.7 Å². The Labute approximate surface area is 208 Å². The number of rotatable bonds is 8. The molecule has 0 bridgehead atoms. The first kappa shape index (κ1) is 26.9. The second-order valence-corrected chi connectivity index (χ2v) is 9.99. The van der Waals surface area contributed by atoms with Crippen molar-refractivity contribution in [3.63, 3.8) is 0 Å². The topological polar surface area (TPSA) is 85.2 Å². The van der Waals surface area contributed by atoms with Crippen LogP contribution in [-0.4, -0.2) is 37.0 Å². The summed E-state index contributed by atoms with van der Waals surface area (Å²) in [5.41, 5.74) is 2.30. The lowest BCUT2D eigenvalue weighted by molar-refractivity contribution is -0.137. The van der Waals surface area contributed by atoms with Crippen molar-refractivity contribution < 1.29 is 39.5 Å². The quantitative estimate of drug-likeness (QED) is 0.395. The molecule has 37 heavy (non-hydrogen) atoms. The number of benzene rings is 2. The molecule has 0 spiro atoms. The molecule has 200 valence electrons. The van der Waals surface area contributed by atoms with Gasteiger partial charge < -0.3 is 4.74 Å². The normalized spacial score (nSPS) is 16.1. The van der Waals surface area contributed by atoms with Gasteiger partial charge in [-0.2, -0.15) is 44.2 Å². The molecule has 1 heterocycles. The number of nitrogens with zero attached hydrogens (tertiary/aromatic N) is 2. The van der Waals surface area contributed by atoms with E-state index < -0.39 is 40.7 Å². The van der Waals surface area contributed by atoms with E-state index >= 15 is 0 Å². The Hall–Kier alpha value is -3.10. The van der Waals surface area contributed by atoms with E-state index in [-0.39, 0.29) is 18.1 Å². The zero-order chi connectivity index (χ0) is 27.0. The highest BCUT2D eigenvalue weighted by Crippen LogP contribution is 2.33. The van der Waals surface area contributed by atoms with Crippen LogP contribution >= 0.6 is 0 Å². The van der Waals surface area contributed by atoms with Gasteiger partial charge in [0.15, 0.2) is 0 Å². The average Bonchev–Trinajstić information content (AvgIpc) is 3.39. The Morgan fingerprint density at radius 3 is 2.30 bits per heavy atom. The summed E-state index contributed by atoms with van der Waals surface area (Å²) in [4.78, 5) is 0. The third-order valence-electron chi connectivity index (χ3n) is 5.68. The van der Waals surface area contributed by atoms with Crippen LogP contribution in [0.4, 0.5) is 26.3 Å². The maximum absolute atomic E-state index is 12.8. The molecule has 1 aliphatic rings. The number of fused-ring (bicyclic) bond motifs is 1. The molecule has 0 saturated heterocycles. The molecule has 1 aromatic heterocycles. The van der Waals surface area contributed by atoms with Gasteiger partial charge in [-0.1, -0.05) is 12.1 Å². The summed E-state index contributed by atoms with van der Waals surface area (Å²) in [6.45, 7) is 0.657. The minimum Gasteiger partial charge on any atom is -0.438 e. The van der Waals surface area contributed by atoms with Gasteiger partial charge in [-0.15, -0.1) is 5.10 Å². The maximum Gasteiger partial charge on any atom is 0.416 e. The zero-order valence-corrected chi connectivity index (χ0v) is 20.1. The molecular formula is C23H22F6N4O3S. The first-order valence-electron chi connectivity index (χ1n) is 11.1. The first-order chi connectivity index (χ1) is 17.2. The minimum atomic E-state index is -4.67. The molecule has 1 aliphatic carbocycles. The van der Waals surface area contributed by atoms with Gasteiger partial charge in [-0.3, -0.25) is 4.68 Å². The Morgan fingerprint density at radius 1 is 1.00 bits per heavy atom. The zero-order valence-electron chi connectivity index (χ0n) is 19.3. The molecule has 2 N–H and O–H groups in total. The van der Waals surface area contributed by atoms with Crippen LogP contribution < -0.4 is 14.2 Å². The van der Waals surface area contributed by atoms with Gasteiger partial charge in [0.05, 0.1) is 11.3 Å². The van der Waals surface area contributed by atoms with Gasteiger partial charge in [0.25, 0.3) is 10.2 Å². The molecule has 1 unspecified atom stereocenters. The number of alkyl halides is 6. The number of aromatic nitrogens is 2. The predicted molar refractivity (Wildman–Crippen MR) is 122 cm³/mol. The summed E-state index contributed by atoms with van der Waals surface area (Å²) in [6, 6.07) is 10.7. The smallest absolute Gasteiger partial charge is 0.416 e. The fourth-order valence-electron chi connectivity index (χ4n) is 4.05. The molecule has 0 aliphatic heterocycles. The van der Waals surface area contributed by atoms with Gasteiger partial charge in [-0.25, -0.2) is 0 Å². The summed E-state index contributed by atoms with van der Waals surface area (Å²) in [6.07, 6.45) is -8.52. The van der Waals surface area contributed by atoms with E-state index in [1.54, 1.807) is 10.7 Å². The fraction of sp³-hybridized carbons (Fsp3) is 0.348. The number of nitrogens with one attached hydrogen (secondary N) is 2. The van der Waals surface area contributed by atoms with Crippen LogP contribution in [0, 0.1) is 0 Å². The van der Waals surface area contributed by atoms with E-state index in [1.165, 1.54) is 16.9 Å². The van der Waals surface area contributed by atoms with Crippen molar-refractivity contribution in [1.29, 1.82) is 0 Å². The average molecular weight is 549 g/mol. The molecule has 7 nitrogen and oxygen atoms in total. The monoisotopic (exact) mass is 548 g/mol. The van der Waals surface area contributed by atoms with Gasteiger partial charge in [0.1, 0.15) is 12.3 Å². The number of hydrogen-bond donors (Lipinski definition) is 2. The molecule has 0 saturated carbocycles. The highest BCUT2D eigenvalue weighted by Gasteiger charge is 2.32. The summed E-state index contributed by atoms with van der Waals surface area (Å²) >= 11 is 0. The second kappa shape index (κ2) is 9.99. The Morgan fingerprint density at radius 2 is 1.68 bits per heavy atom. The van der Waals surface area contributed by atoms with Crippen LogP contribution in [0.1, 0.15) is 23.6 Å². The molecule has 0 amide bonds. The number of hydrogen-bond acceptors (Lipinski definition) is 4. The second-order valence-electron chi connectivity index (χ2n) is 8.45. The summed E-state index contributed by atoms with van der Waals surface area (Å²) in [5, 5.41) is 4.35. The Kier molecular flexibility index (Phi) is 7.27. The van der Waals surface area contributed by atoms with Crippen LogP contribution in [0.5, 0.6) is 11.6 Å². The molecule has 14 heteroatoms. The number of halogens is 6. The number of aryl methyl sites for hydroxylation is 1. The van der Waals surface area contributed by atoms with Crippen molar-refractivity contribution in [3.8, 4) is 22.9 Å². The van der Waals surface area contributed by atoms with Gasteiger partial charge in [-0.05, 0) is 61.2 Å².